The molecule has 292 valence electrons. The number of carboxylic acid groups (broad SMARTS) is 1. The topological polar surface area (TPSA) is 253 Å². The van der Waals surface area contributed by atoms with Gasteiger partial charge in [-0.1, -0.05) is 12.1 Å². The summed E-state index contributed by atoms with van der Waals surface area (Å²) < 4.78 is 61.1. The number of carbonyl (C=O) groups is 6. The van der Waals surface area contributed by atoms with Gasteiger partial charge in [0.25, 0.3) is 0 Å². The predicted molar refractivity (Wildman–Crippen MR) is 172 cm³/mol. The first kappa shape index (κ1) is 40.1. The van der Waals surface area contributed by atoms with E-state index in [1.807, 2.05) is 0 Å². The van der Waals surface area contributed by atoms with Crippen LogP contribution in [0.5, 0.6) is 17.2 Å². The van der Waals surface area contributed by atoms with Gasteiger partial charge in [0.1, 0.15) is 29.0 Å². The van der Waals surface area contributed by atoms with Crippen LogP contribution in [0.3, 0.4) is 0 Å². The number of ether oxygens (including phenoxy) is 4. The highest BCUT2D eigenvalue weighted by atomic mass is 19.4. The first-order valence-electron chi connectivity index (χ1n) is 16.7. The van der Waals surface area contributed by atoms with Crippen LogP contribution < -0.4 is 10.1 Å². The van der Waals surface area contributed by atoms with Crippen molar-refractivity contribution in [2.75, 3.05) is 13.7 Å². The summed E-state index contributed by atoms with van der Waals surface area (Å²) in [6.45, 7) is 0.236. The number of carboxylic acids is 1. The number of ketones is 3. The fraction of sp³-hybridized carbons (Fsp3) is 0.486. The molecule has 6 N–H and O–H groups in total. The molecule has 6 atom stereocenters. The summed E-state index contributed by atoms with van der Waals surface area (Å²) in [5, 5.41) is 56.1. The molecule has 0 spiro atoms. The Labute approximate surface area is 303 Å². The van der Waals surface area contributed by atoms with E-state index in [4.69, 9.17) is 24.1 Å². The van der Waals surface area contributed by atoms with Gasteiger partial charge in [0.15, 0.2) is 18.7 Å². The highest BCUT2D eigenvalue weighted by Crippen LogP contribution is 2.52. The number of fused-ring (bicyclic) bond motifs is 3. The summed E-state index contributed by atoms with van der Waals surface area (Å²) in [7, 11) is 1.23. The second-order valence-corrected chi connectivity index (χ2v) is 13.2. The Morgan fingerprint density at radius 1 is 1.02 bits per heavy atom. The number of methoxy groups -OCH3 is 1. The standard InChI is InChI=1S/C35H36F3NO15/c1-14-28(44)17(39-33(49)35(36,37)38)10-23(53-14)54-19-12-34(50,20(40)13-52-22(43)9-4-3-8-21(41)42)11-16-25(19)32(48)27-26(30(16)46)29(45)15-6-5-7-18(51-2)24(15)31(27)47/h5-7,14,17,19,23,28,44,46,48,50H,3-4,8-13H2,1-2H3,(H,39,49)(H,41,42)/t14?,17?,19-,23?,28?,34-/m0/s1. The second kappa shape index (κ2) is 15.3. The fourth-order valence-electron chi connectivity index (χ4n) is 6.86. The predicted octanol–water partition coefficient (Wildman–Crippen LogP) is 1.92. The van der Waals surface area contributed by atoms with Gasteiger partial charge < -0.3 is 49.8 Å². The van der Waals surface area contributed by atoms with Crippen LogP contribution in [0.25, 0.3) is 0 Å². The minimum atomic E-state index is -5.31. The Morgan fingerprint density at radius 2 is 1.69 bits per heavy atom. The van der Waals surface area contributed by atoms with Crippen molar-refractivity contribution in [1.82, 2.24) is 5.32 Å². The number of unbranched alkanes of at least 4 members (excludes halogenated alkanes) is 1. The quantitative estimate of drug-likeness (QED) is 0.0875. The minimum Gasteiger partial charge on any atom is -0.507 e. The number of benzene rings is 2. The Kier molecular flexibility index (Phi) is 11.4. The van der Waals surface area contributed by atoms with Crippen molar-refractivity contribution in [3.05, 3.63) is 51.6 Å². The molecule has 1 amide bonds. The van der Waals surface area contributed by atoms with Gasteiger partial charge >= 0.3 is 24.0 Å². The van der Waals surface area contributed by atoms with Gasteiger partial charge in [-0.05, 0) is 25.8 Å². The average Bonchev–Trinajstić information content (AvgIpc) is 3.10. The molecule has 2 aromatic rings. The summed E-state index contributed by atoms with van der Waals surface area (Å²) in [6.07, 6.45) is -14.0. The lowest BCUT2D eigenvalue weighted by Gasteiger charge is -2.43. The number of aliphatic hydroxyl groups is 2. The van der Waals surface area contributed by atoms with Crippen LogP contribution in [0.1, 0.15) is 94.5 Å². The lowest BCUT2D eigenvalue weighted by atomic mass is 9.72. The van der Waals surface area contributed by atoms with E-state index in [0.717, 1.165) is 0 Å². The highest BCUT2D eigenvalue weighted by Gasteiger charge is 2.51. The van der Waals surface area contributed by atoms with E-state index in [2.05, 4.69) is 0 Å². The lowest BCUT2D eigenvalue weighted by Crippen LogP contribution is -2.57. The molecule has 0 saturated carbocycles. The SMILES string of the molecule is COc1cccc2c1C(=O)c1c(O)c3c(c(O)c1C2=O)C[C@@](O)(C(=O)COC(=O)CCCCC(=O)O)C[C@@H]3OC1CC(NC(=O)C(F)(F)F)C(O)C(C)O1. The molecule has 0 aromatic heterocycles. The molecule has 1 saturated heterocycles. The largest absolute Gasteiger partial charge is 0.507 e. The minimum absolute atomic E-state index is 0.0348. The first-order chi connectivity index (χ1) is 25.3. The van der Waals surface area contributed by atoms with Crippen LogP contribution in [0, 0.1) is 0 Å². The molecule has 2 aromatic carbocycles. The highest BCUT2D eigenvalue weighted by molar-refractivity contribution is 6.31. The molecule has 54 heavy (non-hydrogen) atoms. The molecule has 0 radical (unpaired) electrons. The summed E-state index contributed by atoms with van der Waals surface area (Å²) in [5.41, 5.74) is -5.17. The van der Waals surface area contributed by atoms with Gasteiger partial charge in [0.05, 0.1) is 42.0 Å². The number of amides is 1. The Bertz CT molecular complexity index is 1900. The third-order valence-corrected chi connectivity index (χ3v) is 9.58. The van der Waals surface area contributed by atoms with Gasteiger partial charge in [-0.3, -0.25) is 28.8 Å². The third-order valence-electron chi connectivity index (χ3n) is 9.58. The van der Waals surface area contributed by atoms with E-state index in [9.17, 15) is 62.4 Å². The molecule has 5 rings (SSSR count). The maximum Gasteiger partial charge on any atom is 0.471 e. The zero-order chi connectivity index (χ0) is 39.9. The number of aromatic hydroxyl groups is 2. The molecule has 4 unspecified atom stereocenters. The Morgan fingerprint density at radius 3 is 2.33 bits per heavy atom. The van der Waals surface area contributed by atoms with Crippen LogP contribution in [-0.2, 0) is 39.8 Å². The number of nitrogens with one attached hydrogen (secondary N) is 1. The van der Waals surface area contributed by atoms with E-state index >= 15 is 0 Å². The molecule has 1 aliphatic heterocycles. The smallest absolute Gasteiger partial charge is 0.471 e. The normalized spacial score (nSPS) is 24.8. The van der Waals surface area contributed by atoms with Crippen molar-refractivity contribution >= 4 is 35.2 Å². The fourth-order valence-corrected chi connectivity index (χ4v) is 6.86. The number of phenolic OH excluding ortho intramolecular Hbond substituents is 2. The molecule has 16 nitrogen and oxygen atoms in total. The summed E-state index contributed by atoms with van der Waals surface area (Å²) in [4.78, 5) is 75.9. The van der Waals surface area contributed by atoms with Crippen LogP contribution in [0.2, 0.25) is 0 Å². The van der Waals surface area contributed by atoms with E-state index in [0.29, 0.717) is 0 Å². The maximum absolute atomic E-state index is 13.9. The molecular weight excluding hydrogens is 731 g/mol. The molecular formula is C35H36F3NO15. The van der Waals surface area contributed by atoms with Gasteiger partial charge in [-0.25, -0.2) is 0 Å². The van der Waals surface area contributed by atoms with Crippen molar-refractivity contribution in [3.8, 4) is 17.2 Å². The van der Waals surface area contributed by atoms with Gasteiger partial charge in [0.2, 0.25) is 11.6 Å². The average molecular weight is 768 g/mol. The van der Waals surface area contributed by atoms with Crippen molar-refractivity contribution in [1.29, 1.82) is 0 Å². The number of rotatable bonds is 12. The van der Waals surface area contributed by atoms with Gasteiger partial charge in [0, 0.05) is 48.8 Å². The number of hydrogen-bond donors (Lipinski definition) is 6. The number of Topliss-reactive ketones (excluding diaryl/α,β-unsaturated/α-hetero) is 1. The van der Waals surface area contributed by atoms with Gasteiger partial charge in [-0.15, -0.1) is 0 Å². The van der Waals surface area contributed by atoms with Crippen LogP contribution in [-0.4, -0.2) is 111 Å². The number of alkyl halides is 3. The molecule has 1 fully saturated rings. The molecule has 0 bridgehead atoms. The third kappa shape index (κ3) is 7.75. The number of hydrogen-bond acceptors (Lipinski definition) is 14. The monoisotopic (exact) mass is 767 g/mol. The maximum atomic E-state index is 13.9. The first-order valence-corrected chi connectivity index (χ1v) is 16.7. The lowest BCUT2D eigenvalue weighted by molar-refractivity contribution is -0.250. The number of aliphatic hydroxyl groups excluding tert-OH is 1. The van der Waals surface area contributed by atoms with Crippen molar-refractivity contribution in [3.63, 3.8) is 0 Å². The second-order valence-electron chi connectivity index (χ2n) is 13.2. The van der Waals surface area contributed by atoms with Crippen LogP contribution in [0.4, 0.5) is 13.2 Å². The van der Waals surface area contributed by atoms with E-state index in [1.54, 1.807) is 5.32 Å². The van der Waals surface area contributed by atoms with E-state index in [1.165, 1.54) is 32.2 Å². The van der Waals surface area contributed by atoms with Crippen LogP contribution >= 0.6 is 0 Å². The molecule has 3 aliphatic rings. The van der Waals surface area contributed by atoms with Crippen molar-refractivity contribution < 1.29 is 86.4 Å². The van der Waals surface area contributed by atoms with E-state index in [-0.39, 0.29) is 42.6 Å². The zero-order valence-electron chi connectivity index (χ0n) is 28.7. The van der Waals surface area contributed by atoms with Crippen LogP contribution in [0.15, 0.2) is 18.2 Å². The number of phenols is 2. The number of halogens is 3. The summed E-state index contributed by atoms with van der Waals surface area (Å²) >= 11 is 0. The number of esters is 1. The van der Waals surface area contributed by atoms with Crippen molar-refractivity contribution in [2.45, 2.75) is 94.3 Å². The molecule has 1 heterocycles. The number of aliphatic carboxylic acids is 1. The van der Waals surface area contributed by atoms with Crippen molar-refractivity contribution in [2.24, 2.45) is 0 Å². The summed E-state index contributed by atoms with van der Waals surface area (Å²) in [6, 6.07) is 2.47. The zero-order valence-corrected chi connectivity index (χ0v) is 28.7. The van der Waals surface area contributed by atoms with E-state index < -0.39 is 137 Å². The summed E-state index contributed by atoms with van der Waals surface area (Å²) in [5.74, 6) is -9.20. The Balaban J connectivity index is 1.53. The molecule has 19 heteroatoms. The van der Waals surface area contributed by atoms with Gasteiger partial charge in [-0.2, -0.15) is 13.2 Å². The Hall–Kier alpha value is -5.11. The number of carbonyl (C=O) groups excluding carboxylic acids is 5. The molecule has 2 aliphatic carbocycles.